The molecule has 0 saturated carbocycles. The monoisotopic (exact) mass is 362 g/mol. The minimum absolute atomic E-state index is 0.00786. The number of carbonyl (C=O) groups excluding carboxylic acids is 2. The van der Waals surface area contributed by atoms with E-state index in [4.69, 9.17) is 0 Å². The first-order valence-corrected chi connectivity index (χ1v) is 7.82. The first kappa shape index (κ1) is 19.2. The third-order valence-corrected chi connectivity index (χ3v) is 3.60. The molecule has 26 heavy (non-hydrogen) atoms. The van der Waals surface area contributed by atoms with Crippen LogP contribution in [0.5, 0.6) is 0 Å². The maximum Gasteiger partial charge on any atom is 0.247 e. The number of hydrogen-bond acceptors (Lipinski definition) is 2. The number of benzene rings is 2. The Hall–Kier alpha value is -3.09. The van der Waals surface area contributed by atoms with Crippen molar-refractivity contribution in [3.63, 3.8) is 0 Å². The van der Waals surface area contributed by atoms with Crippen molar-refractivity contribution in [2.75, 3.05) is 11.9 Å². The summed E-state index contributed by atoms with van der Waals surface area (Å²) in [5, 5.41) is 5.18. The molecule has 2 N–H and O–H groups in total. The summed E-state index contributed by atoms with van der Waals surface area (Å²) < 4.78 is 39.5. The second-order valence-corrected chi connectivity index (χ2v) is 5.50. The van der Waals surface area contributed by atoms with Crippen LogP contribution in [0.2, 0.25) is 0 Å². The van der Waals surface area contributed by atoms with Crippen molar-refractivity contribution in [2.24, 2.45) is 0 Å². The Morgan fingerprint density at radius 1 is 1.00 bits per heavy atom. The average Bonchev–Trinajstić information content (AvgIpc) is 2.63. The molecule has 0 aliphatic rings. The van der Waals surface area contributed by atoms with Gasteiger partial charge in [0.25, 0.3) is 0 Å². The van der Waals surface area contributed by atoms with Gasteiger partial charge >= 0.3 is 0 Å². The highest BCUT2D eigenvalue weighted by Gasteiger charge is 2.13. The average molecular weight is 362 g/mol. The summed E-state index contributed by atoms with van der Waals surface area (Å²) in [4.78, 5) is 23.1. The normalized spacial score (nSPS) is 10.3. The SMILES string of the molecule is C=CC(=O)Nc1ccc(CC(=O)NCCc2ccc(F)c(F)c2F)cc1. The fourth-order valence-electron chi connectivity index (χ4n) is 2.24. The van der Waals surface area contributed by atoms with E-state index in [1.54, 1.807) is 24.3 Å². The molecule has 0 atom stereocenters. The van der Waals surface area contributed by atoms with E-state index in [2.05, 4.69) is 17.2 Å². The zero-order valence-corrected chi connectivity index (χ0v) is 13.8. The molecular weight excluding hydrogens is 345 g/mol. The molecular formula is C19H17F3N2O2. The quantitative estimate of drug-likeness (QED) is 0.587. The van der Waals surface area contributed by atoms with Gasteiger partial charge in [-0.05, 0) is 41.8 Å². The van der Waals surface area contributed by atoms with Crippen molar-refractivity contribution in [1.29, 1.82) is 0 Å². The van der Waals surface area contributed by atoms with Gasteiger partial charge in [0.2, 0.25) is 11.8 Å². The number of amides is 2. The fraction of sp³-hybridized carbons (Fsp3) is 0.158. The molecule has 0 aliphatic heterocycles. The van der Waals surface area contributed by atoms with Crippen LogP contribution in [0, 0.1) is 17.5 Å². The molecule has 136 valence electrons. The Morgan fingerprint density at radius 2 is 1.69 bits per heavy atom. The van der Waals surface area contributed by atoms with E-state index in [1.807, 2.05) is 0 Å². The lowest BCUT2D eigenvalue weighted by Gasteiger charge is -2.08. The molecule has 4 nitrogen and oxygen atoms in total. The van der Waals surface area contributed by atoms with Gasteiger partial charge in [-0.25, -0.2) is 13.2 Å². The Balaban J connectivity index is 1.83. The zero-order valence-electron chi connectivity index (χ0n) is 13.8. The van der Waals surface area contributed by atoms with Crippen molar-refractivity contribution in [3.05, 3.63) is 77.6 Å². The van der Waals surface area contributed by atoms with E-state index in [0.717, 1.165) is 23.8 Å². The predicted molar refractivity (Wildman–Crippen MR) is 92.0 cm³/mol. The molecule has 0 bridgehead atoms. The lowest BCUT2D eigenvalue weighted by Crippen LogP contribution is -2.27. The summed E-state index contributed by atoms with van der Waals surface area (Å²) in [5.74, 6) is -4.63. The van der Waals surface area contributed by atoms with Crippen LogP contribution >= 0.6 is 0 Å². The lowest BCUT2D eigenvalue weighted by atomic mass is 10.1. The van der Waals surface area contributed by atoms with Gasteiger partial charge in [0, 0.05) is 12.2 Å². The van der Waals surface area contributed by atoms with E-state index in [1.165, 1.54) is 0 Å². The minimum atomic E-state index is -1.52. The third-order valence-electron chi connectivity index (χ3n) is 3.60. The topological polar surface area (TPSA) is 58.2 Å². The maximum atomic E-state index is 13.5. The summed E-state index contributed by atoms with van der Waals surface area (Å²) in [6, 6.07) is 8.68. The van der Waals surface area contributed by atoms with Crippen LogP contribution in [0.25, 0.3) is 0 Å². The smallest absolute Gasteiger partial charge is 0.247 e. The van der Waals surface area contributed by atoms with Crippen LogP contribution in [-0.2, 0) is 22.4 Å². The highest BCUT2D eigenvalue weighted by atomic mass is 19.2. The lowest BCUT2D eigenvalue weighted by molar-refractivity contribution is -0.120. The highest BCUT2D eigenvalue weighted by molar-refractivity contribution is 5.98. The van der Waals surface area contributed by atoms with Gasteiger partial charge in [-0.3, -0.25) is 9.59 Å². The third kappa shape index (κ3) is 5.20. The van der Waals surface area contributed by atoms with Crippen LogP contribution in [0.15, 0.2) is 49.1 Å². The van der Waals surface area contributed by atoms with Crippen molar-refractivity contribution < 1.29 is 22.8 Å². The highest BCUT2D eigenvalue weighted by Crippen LogP contribution is 2.15. The Bertz CT molecular complexity index is 820. The van der Waals surface area contributed by atoms with Crippen molar-refractivity contribution in [1.82, 2.24) is 5.32 Å². The molecule has 0 heterocycles. The molecule has 0 radical (unpaired) electrons. The van der Waals surface area contributed by atoms with Crippen molar-refractivity contribution >= 4 is 17.5 Å². The molecule has 0 unspecified atom stereocenters. The van der Waals surface area contributed by atoms with Gasteiger partial charge in [0.15, 0.2) is 17.5 Å². The van der Waals surface area contributed by atoms with Gasteiger partial charge in [-0.15, -0.1) is 0 Å². The van der Waals surface area contributed by atoms with Crippen LogP contribution in [0.4, 0.5) is 18.9 Å². The zero-order chi connectivity index (χ0) is 19.1. The Labute approximate surface area is 148 Å². The standard InChI is InChI=1S/C19H17F3N2O2/c1-2-16(25)24-14-6-3-12(4-7-14)11-17(26)23-10-9-13-5-8-15(20)19(22)18(13)21/h2-8H,1,9-11H2,(H,23,26)(H,24,25). The summed E-state index contributed by atoms with van der Waals surface area (Å²) in [6.45, 7) is 3.44. The fourth-order valence-corrected chi connectivity index (χ4v) is 2.24. The van der Waals surface area contributed by atoms with E-state index in [0.29, 0.717) is 5.69 Å². The van der Waals surface area contributed by atoms with Gasteiger partial charge in [0.05, 0.1) is 6.42 Å². The van der Waals surface area contributed by atoms with E-state index in [9.17, 15) is 22.8 Å². The summed E-state index contributed by atoms with van der Waals surface area (Å²) in [6.07, 6.45) is 1.29. The number of anilines is 1. The van der Waals surface area contributed by atoms with Gasteiger partial charge in [-0.2, -0.15) is 0 Å². The molecule has 2 aromatic carbocycles. The van der Waals surface area contributed by atoms with Gasteiger partial charge in [-0.1, -0.05) is 24.8 Å². The summed E-state index contributed by atoms with van der Waals surface area (Å²) >= 11 is 0. The van der Waals surface area contributed by atoms with E-state index in [-0.39, 0.29) is 36.8 Å². The second-order valence-electron chi connectivity index (χ2n) is 5.50. The first-order chi connectivity index (χ1) is 12.4. The van der Waals surface area contributed by atoms with Crippen LogP contribution in [0.1, 0.15) is 11.1 Å². The van der Waals surface area contributed by atoms with Crippen LogP contribution < -0.4 is 10.6 Å². The first-order valence-electron chi connectivity index (χ1n) is 7.82. The molecule has 0 fully saturated rings. The molecule has 0 saturated heterocycles. The largest absolute Gasteiger partial charge is 0.355 e. The molecule has 0 aromatic heterocycles. The summed E-state index contributed by atoms with van der Waals surface area (Å²) in [5.41, 5.74) is 1.29. The van der Waals surface area contributed by atoms with Gasteiger partial charge in [0.1, 0.15) is 0 Å². The Kier molecular flexibility index (Phi) is 6.54. The number of carbonyl (C=O) groups is 2. The molecule has 7 heteroatoms. The molecule has 0 spiro atoms. The summed E-state index contributed by atoms with van der Waals surface area (Å²) in [7, 11) is 0. The number of hydrogen-bond donors (Lipinski definition) is 2. The molecule has 0 aliphatic carbocycles. The number of halogens is 3. The van der Waals surface area contributed by atoms with Crippen LogP contribution in [-0.4, -0.2) is 18.4 Å². The maximum absolute atomic E-state index is 13.5. The van der Waals surface area contributed by atoms with Crippen LogP contribution in [0.3, 0.4) is 0 Å². The van der Waals surface area contributed by atoms with Crippen molar-refractivity contribution in [2.45, 2.75) is 12.8 Å². The Morgan fingerprint density at radius 3 is 2.35 bits per heavy atom. The van der Waals surface area contributed by atoms with E-state index >= 15 is 0 Å². The molecule has 2 rings (SSSR count). The second kappa shape index (κ2) is 8.84. The van der Waals surface area contributed by atoms with Gasteiger partial charge < -0.3 is 10.6 Å². The van der Waals surface area contributed by atoms with Crippen molar-refractivity contribution in [3.8, 4) is 0 Å². The number of rotatable bonds is 7. The molecule has 2 aromatic rings. The number of nitrogens with one attached hydrogen (secondary N) is 2. The molecule has 2 amide bonds. The van der Waals surface area contributed by atoms with E-state index < -0.39 is 17.5 Å². The minimum Gasteiger partial charge on any atom is -0.355 e. The predicted octanol–water partition coefficient (Wildman–Crippen LogP) is 3.13.